The largest absolute Gasteiger partial charge is 0.382 e. The van der Waals surface area contributed by atoms with Crippen LogP contribution in [0.15, 0.2) is 18.2 Å². The van der Waals surface area contributed by atoms with Gasteiger partial charge in [0.2, 0.25) is 0 Å². The molecule has 0 bridgehead atoms. The predicted octanol–water partition coefficient (Wildman–Crippen LogP) is 2.73. The molecule has 0 saturated carbocycles. The van der Waals surface area contributed by atoms with E-state index in [0.29, 0.717) is 17.5 Å². The Bertz CT molecular complexity index is 452. The molecule has 1 N–H and O–H groups in total. The molecule has 1 aliphatic rings. The normalized spacial score (nSPS) is 23.2. The van der Waals surface area contributed by atoms with Gasteiger partial charge in [0, 0.05) is 20.1 Å². The van der Waals surface area contributed by atoms with Crippen LogP contribution in [0.2, 0.25) is 0 Å². The van der Waals surface area contributed by atoms with E-state index >= 15 is 0 Å². The van der Waals surface area contributed by atoms with Crippen molar-refractivity contribution in [3.8, 4) is 0 Å². The maximum Gasteiger partial charge on any atom is 0.315 e. The first-order valence-corrected chi connectivity index (χ1v) is 6.24. The zero-order valence-electron chi connectivity index (χ0n) is 11.0. The number of nitrogens with zero attached hydrogens (tertiary/aromatic N) is 2. The smallest absolute Gasteiger partial charge is 0.315 e. The molecule has 0 aliphatic carbocycles. The number of rotatable bonds is 3. The van der Waals surface area contributed by atoms with E-state index in [1.165, 1.54) is 0 Å². The average Bonchev–Trinajstić information content (AvgIpc) is 2.68. The second-order valence-electron chi connectivity index (χ2n) is 5.04. The van der Waals surface area contributed by atoms with Crippen molar-refractivity contribution < 1.29 is 4.92 Å². The fourth-order valence-corrected chi connectivity index (χ4v) is 2.51. The molecule has 18 heavy (non-hydrogen) atoms. The van der Waals surface area contributed by atoms with Crippen LogP contribution in [0.25, 0.3) is 0 Å². The molecular weight excluding hydrogens is 230 g/mol. The van der Waals surface area contributed by atoms with Crippen molar-refractivity contribution in [3.63, 3.8) is 0 Å². The fourth-order valence-electron chi connectivity index (χ4n) is 2.51. The number of hydrogen-bond donors (Lipinski definition) is 1. The minimum absolute atomic E-state index is 0.182. The third-order valence-corrected chi connectivity index (χ3v) is 3.80. The van der Waals surface area contributed by atoms with Crippen LogP contribution in [0.1, 0.15) is 13.8 Å². The van der Waals surface area contributed by atoms with Crippen molar-refractivity contribution in [2.24, 2.45) is 11.8 Å². The van der Waals surface area contributed by atoms with Crippen LogP contribution in [0, 0.1) is 22.0 Å². The summed E-state index contributed by atoms with van der Waals surface area (Å²) in [7, 11) is 1.71. The highest BCUT2D eigenvalue weighted by Gasteiger charge is 2.31. The molecule has 2 rings (SSSR count). The van der Waals surface area contributed by atoms with Crippen molar-refractivity contribution in [2.45, 2.75) is 13.8 Å². The molecule has 0 aromatic heterocycles. The van der Waals surface area contributed by atoms with Gasteiger partial charge in [-0.15, -0.1) is 0 Å². The van der Waals surface area contributed by atoms with Gasteiger partial charge in [0.25, 0.3) is 0 Å². The summed E-state index contributed by atoms with van der Waals surface area (Å²) in [6.07, 6.45) is 0. The van der Waals surface area contributed by atoms with Gasteiger partial charge in [-0.25, -0.2) is 0 Å². The van der Waals surface area contributed by atoms with Crippen molar-refractivity contribution in [1.29, 1.82) is 0 Å². The lowest BCUT2D eigenvalue weighted by molar-refractivity contribution is -0.383. The van der Waals surface area contributed by atoms with Crippen LogP contribution >= 0.6 is 0 Å². The zero-order chi connectivity index (χ0) is 13.3. The highest BCUT2D eigenvalue weighted by Crippen LogP contribution is 2.38. The molecule has 2 atom stereocenters. The zero-order valence-corrected chi connectivity index (χ0v) is 11.0. The molecule has 5 heteroatoms. The van der Waals surface area contributed by atoms with E-state index in [1.54, 1.807) is 13.1 Å². The van der Waals surface area contributed by atoms with Crippen molar-refractivity contribution in [2.75, 3.05) is 30.4 Å². The van der Waals surface area contributed by atoms with Crippen LogP contribution < -0.4 is 10.2 Å². The first-order valence-electron chi connectivity index (χ1n) is 6.24. The summed E-state index contributed by atoms with van der Waals surface area (Å²) in [5, 5.41) is 14.2. The molecule has 0 radical (unpaired) electrons. The Labute approximate surface area is 107 Å². The first-order chi connectivity index (χ1) is 8.54. The van der Waals surface area contributed by atoms with E-state index < -0.39 is 0 Å². The van der Waals surface area contributed by atoms with E-state index in [0.717, 1.165) is 18.8 Å². The monoisotopic (exact) mass is 249 g/mol. The lowest BCUT2D eigenvalue weighted by Crippen LogP contribution is -2.21. The quantitative estimate of drug-likeness (QED) is 0.661. The summed E-state index contributed by atoms with van der Waals surface area (Å²) in [5.74, 6) is 1.14. The molecule has 2 unspecified atom stereocenters. The standard InChI is InChI=1S/C13H19N3O2/c1-9-7-15(8-10(9)2)12-6-4-5-11(14-3)13(12)16(17)18/h4-6,9-10,14H,7-8H2,1-3H3. The molecule has 1 aromatic rings. The Morgan fingerprint density at radius 3 is 2.44 bits per heavy atom. The summed E-state index contributed by atoms with van der Waals surface area (Å²) in [4.78, 5) is 13.1. The number of nitro benzene ring substituents is 1. The molecule has 1 aliphatic heterocycles. The third-order valence-electron chi connectivity index (χ3n) is 3.80. The third kappa shape index (κ3) is 2.12. The lowest BCUT2D eigenvalue weighted by atomic mass is 10.0. The maximum absolute atomic E-state index is 11.3. The Morgan fingerprint density at radius 1 is 1.33 bits per heavy atom. The average molecular weight is 249 g/mol. The molecule has 0 amide bonds. The number of nitrogens with one attached hydrogen (secondary N) is 1. The highest BCUT2D eigenvalue weighted by atomic mass is 16.6. The molecule has 1 fully saturated rings. The van der Waals surface area contributed by atoms with Gasteiger partial charge in [-0.2, -0.15) is 0 Å². The Balaban J connectivity index is 2.42. The summed E-state index contributed by atoms with van der Waals surface area (Å²) < 4.78 is 0. The van der Waals surface area contributed by atoms with Gasteiger partial charge in [0.05, 0.1) is 4.92 Å². The summed E-state index contributed by atoms with van der Waals surface area (Å²) >= 11 is 0. The topological polar surface area (TPSA) is 58.4 Å². The summed E-state index contributed by atoms with van der Waals surface area (Å²) in [5.41, 5.74) is 1.48. The van der Waals surface area contributed by atoms with E-state index in [4.69, 9.17) is 0 Å². The summed E-state index contributed by atoms with van der Waals surface area (Å²) in [6, 6.07) is 5.44. The van der Waals surface area contributed by atoms with Gasteiger partial charge in [0.15, 0.2) is 0 Å². The van der Waals surface area contributed by atoms with Gasteiger partial charge in [-0.05, 0) is 24.0 Å². The predicted molar refractivity (Wildman–Crippen MR) is 73.2 cm³/mol. The minimum atomic E-state index is -0.297. The van der Waals surface area contributed by atoms with Crippen LogP contribution in [-0.2, 0) is 0 Å². The Hall–Kier alpha value is -1.78. The molecule has 1 heterocycles. The second kappa shape index (κ2) is 4.84. The number of hydrogen-bond acceptors (Lipinski definition) is 4. The molecule has 98 valence electrons. The van der Waals surface area contributed by atoms with E-state index in [2.05, 4.69) is 24.1 Å². The van der Waals surface area contributed by atoms with Crippen LogP contribution in [0.4, 0.5) is 17.1 Å². The van der Waals surface area contributed by atoms with Crippen molar-refractivity contribution in [1.82, 2.24) is 0 Å². The Morgan fingerprint density at radius 2 is 1.94 bits per heavy atom. The number of para-hydroxylation sites is 1. The number of benzene rings is 1. The number of anilines is 2. The van der Waals surface area contributed by atoms with Crippen molar-refractivity contribution >= 4 is 17.1 Å². The highest BCUT2D eigenvalue weighted by molar-refractivity contribution is 5.77. The van der Waals surface area contributed by atoms with Gasteiger partial charge in [0.1, 0.15) is 11.4 Å². The minimum Gasteiger partial charge on any atom is -0.382 e. The van der Waals surface area contributed by atoms with Gasteiger partial charge in [-0.3, -0.25) is 10.1 Å². The maximum atomic E-state index is 11.3. The van der Waals surface area contributed by atoms with E-state index in [-0.39, 0.29) is 10.6 Å². The van der Waals surface area contributed by atoms with Gasteiger partial charge >= 0.3 is 5.69 Å². The molecule has 1 aromatic carbocycles. The van der Waals surface area contributed by atoms with Crippen LogP contribution in [0.5, 0.6) is 0 Å². The molecule has 1 saturated heterocycles. The van der Waals surface area contributed by atoms with Crippen molar-refractivity contribution in [3.05, 3.63) is 28.3 Å². The second-order valence-corrected chi connectivity index (χ2v) is 5.04. The molecular formula is C13H19N3O2. The molecule has 0 spiro atoms. The van der Waals surface area contributed by atoms with Crippen LogP contribution in [-0.4, -0.2) is 25.1 Å². The summed E-state index contributed by atoms with van der Waals surface area (Å²) in [6.45, 7) is 6.15. The first kappa shape index (κ1) is 12.7. The lowest BCUT2D eigenvalue weighted by Gasteiger charge is -2.19. The van der Waals surface area contributed by atoms with Gasteiger partial charge < -0.3 is 10.2 Å². The van der Waals surface area contributed by atoms with Crippen LogP contribution in [0.3, 0.4) is 0 Å². The Kier molecular flexibility index (Phi) is 3.41. The SMILES string of the molecule is CNc1cccc(N2CC(C)C(C)C2)c1[N+](=O)[O-]. The van der Waals surface area contributed by atoms with Gasteiger partial charge in [-0.1, -0.05) is 19.9 Å². The van der Waals surface area contributed by atoms with E-state index in [1.807, 2.05) is 12.1 Å². The molecule has 5 nitrogen and oxygen atoms in total. The number of nitro groups is 1. The van der Waals surface area contributed by atoms with E-state index in [9.17, 15) is 10.1 Å². The fraction of sp³-hybridized carbons (Fsp3) is 0.538.